The molecule has 120 valence electrons. The molecule has 23 heavy (non-hydrogen) atoms. The number of benzene rings is 1. The van der Waals surface area contributed by atoms with E-state index >= 15 is 0 Å². The van der Waals surface area contributed by atoms with Crippen LogP contribution in [0.2, 0.25) is 0 Å². The minimum absolute atomic E-state index is 0.0540. The summed E-state index contributed by atoms with van der Waals surface area (Å²) in [6, 6.07) is 5.32. The van der Waals surface area contributed by atoms with Gasteiger partial charge in [-0.3, -0.25) is 9.48 Å². The number of amides is 1. The van der Waals surface area contributed by atoms with Gasteiger partial charge in [0, 0.05) is 25.4 Å². The van der Waals surface area contributed by atoms with Gasteiger partial charge in [-0.15, -0.1) is 0 Å². The highest BCUT2D eigenvalue weighted by atomic mass is 16.6. The highest BCUT2D eigenvalue weighted by Crippen LogP contribution is 2.23. The van der Waals surface area contributed by atoms with Gasteiger partial charge in [0.15, 0.2) is 5.58 Å². The van der Waals surface area contributed by atoms with Crippen LogP contribution in [-0.4, -0.2) is 27.3 Å². The minimum atomic E-state index is -0.0540. The van der Waals surface area contributed by atoms with Crippen LogP contribution in [0, 0.1) is 0 Å². The molecular formula is C16H18N4O3. The summed E-state index contributed by atoms with van der Waals surface area (Å²) in [5.74, 6) is -0.0540. The molecule has 0 atom stereocenters. The Labute approximate surface area is 133 Å². The second-order valence-corrected chi connectivity index (χ2v) is 5.17. The van der Waals surface area contributed by atoms with E-state index in [-0.39, 0.29) is 12.0 Å². The zero-order valence-electron chi connectivity index (χ0n) is 13.1. The molecule has 0 aliphatic carbocycles. The average Bonchev–Trinajstić information content (AvgIpc) is 3.11. The van der Waals surface area contributed by atoms with Gasteiger partial charge in [0.1, 0.15) is 5.52 Å². The summed E-state index contributed by atoms with van der Waals surface area (Å²) >= 11 is 0. The molecule has 1 amide bonds. The lowest BCUT2D eigenvalue weighted by Crippen LogP contribution is -2.12. The summed E-state index contributed by atoms with van der Waals surface area (Å²) in [5.41, 5.74) is 3.00. The van der Waals surface area contributed by atoms with Crippen molar-refractivity contribution < 1.29 is 13.9 Å². The summed E-state index contributed by atoms with van der Waals surface area (Å²) < 4.78 is 12.4. The van der Waals surface area contributed by atoms with Crippen LogP contribution < -0.4 is 10.1 Å². The van der Waals surface area contributed by atoms with E-state index in [1.807, 2.05) is 20.2 Å². The molecule has 1 aromatic carbocycles. The van der Waals surface area contributed by atoms with Crippen molar-refractivity contribution in [3.05, 3.63) is 36.2 Å². The maximum atomic E-state index is 12.0. The lowest BCUT2D eigenvalue weighted by atomic mass is 10.2. The molecule has 0 bridgehead atoms. The second kappa shape index (κ2) is 6.51. The van der Waals surface area contributed by atoms with Crippen LogP contribution >= 0.6 is 0 Å². The Bertz CT molecular complexity index is 822. The van der Waals surface area contributed by atoms with Gasteiger partial charge in [-0.25, -0.2) is 0 Å². The Kier molecular flexibility index (Phi) is 4.27. The van der Waals surface area contributed by atoms with E-state index < -0.39 is 0 Å². The van der Waals surface area contributed by atoms with Crippen molar-refractivity contribution in [3.8, 4) is 6.08 Å². The van der Waals surface area contributed by atoms with E-state index in [1.165, 1.54) is 0 Å². The van der Waals surface area contributed by atoms with Crippen LogP contribution in [0.4, 0.5) is 5.69 Å². The quantitative estimate of drug-likeness (QED) is 0.756. The number of rotatable bonds is 6. The fourth-order valence-electron chi connectivity index (χ4n) is 2.25. The van der Waals surface area contributed by atoms with Crippen LogP contribution in [0.1, 0.15) is 18.9 Å². The first-order chi connectivity index (χ1) is 11.1. The van der Waals surface area contributed by atoms with Crippen LogP contribution in [-0.2, 0) is 18.3 Å². The monoisotopic (exact) mass is 314 g/mol. The Balaban J connectivity index is 1.62. The number of aromatic nitrogens is 3. The first-order valence-corrected chi connectivity index (χ1v) is 7.45. The molecule has 0 fully saturated rings. The number of nitrogens with zero attached hydrogens (tertiary/aromatic N) is 3. The van der Waals surface area contributed by atoms with Crippen molar-refractivity contribution in [3.63, 3.8) is 0 Å². The number of aryl methyl sites for hydroxylation is 2. The zero-order chi connectivity index (χ0) is 16.2. The molecule has 3 aromatic rings. The first-order valence-electron chi connectivity index (χ1n) is 7.45. The number of fused-ring (bicyclic) bond motifs is 1. The molecule has 0 aliphatic rings. The number of carbonyl (C=O) groups excluding carboxylic acids is 1. The van der Waals surface area contributed by atoms with Gasteiger partial charge in [-0.1, -0.05) is 0 Å². The van der Waals surface area contributed by atoms with Gasteiger partial charge in [-0.2, -0.15) is 10.1 Å². The van der Waals surface area contributed by atoms with E-state index in [4.69, 9.17) is 9.15 Å². The van der Waals surface area contributed by atoms with Gasteiger partial charge in [0.2, 0.25) is 5.91 Å². The van der Waals surface area contributed by atoms with Gasteiger partial charge in [-0.05, 0) is 37.1 Å². The third-order valence-electron chi connectivity index (χ3n) is 3.32. The normalized spacial score (nSPS) is 10.9. The smallest absolute Gasteiger partial charge is 0.394 e. The van der Waals surface area contributed by atoms with Crippen molar-refractivity contribution in [1.29, 1.82) is 0 Å². The molecule has 0 unspecified atom stereocenters. The minimum Gasteiger partial charge on any atom is -0.450 e. The number of ether oxygens (including phenoxy) is 1. The molecule has 0 radical (unpaired) electrons. The van der Waals surface area contributed by atoms with E-state index in [0.29, 0.717) is 36.2 Å². The van der Waals surface area contributed by atoms with Crippen molar-refractivity contribution in [2.24, 2.45) is 7.05 Å². The van der Waals surface area contributed by atoms with Gasteiger partial charge >= 0.3 is 6.08 Å². The number of nitrogens with one attached hydrogen (secondary N) is 1. The molecule has 0 spiro atoms. The summed E-state index contributed by atoms with van der Waals surface area (Å²) in [4.78, 5) is 16.2. The van der Waals surface area contributed by atoms with E-state index in [0.717, 1.165) is 5.56 Å². The second-order valence-electron chi connectivity index (χ2n) is 5.17. The summed E-state index contributed by atoms with van der Waals surface area (Å²) in [7, 11) is 1.85. The lowest BCUT2D eigenvalue weighted by Gasteiger charge is -2.04. The van der Waals surface area contributed by atoms with E-state index in [2.05, 4.69) is 15.4 Å². The van der Waals surface area contributed by atoms with Gasteiger partial charge in [0.05, 0.1) is 12.8 Å². The number of carbonyl (C=O) groups is 1. The Morgan fingerprint density at radius 1 is 1.43 bits per heavy atom. The lowest BCUT2D eigenvalue weighted by molar-refractivity contribution is -0.116. The van der Waals surface area contributed by atoms with E-state index in [1.54, 1.807) is 29.1 Å². The molecule has 2 aromatic heterocycles. The van der Waals surface area contributed by atoms with Crippen LogP contribution in [0.25, 0.3) is 11.1 Å². The fourth-order valence-corrected chi connectivity index (χ4v) is 2.25. The molecule has 3 rings (SSSR count). The molecule has 0 saturated heterocycles. The molecule has 0 saturated carbocycles. The predicted molar refractivity (Wildman–Crippen MR) is 85.3 cm³/mol. The fraction of sp³-hybridized carbons (Fsp3) is 0.312. The highest BCUT2D eigenvalue weighted by Gasteiger charge is 2.09. The van der Waals surface area contributed by atoms with Crippen LogP contribution in [0.5, 0.6) is 6.08 Å². The third-order valence-corrected chi connectivity index (χ3v) is 3.32. The Morgan fingerprint density at radius 3 is 3.04 bits per heavy atom. The molecule has 0 aliphatic heterocycles. The Morgan fingerprint density at radius 2 is 2.30 bits per heavy atom. The standard InChI is InChI=1S/C16H18N4O3/c1-3-22-16-19-13-8-12(5-6-14(13)23-16)18-15(21)7-4-11-9-17-20(2)10-11/h5-6,8-10H,3-4,7H2,1-2H3,(H,18,21). The number of anilines is 1. The SMILES string of the molecule is CCOc1nc2cc(NC(=O)CCc3cnn(C)c3)ccc2o1. The molecular weight excluding hydrogens is 296 g/mol. The van der Waals surface area contributed by atoms with Crippen LogP contribution in [0.3, 0.4) is 0 Å². The summed E-state index contributed by atoms with van der Waals surface area (Å²) in [5, 5.41) is 6.95. The number of oxazole rings is 1. The topological polar surface area (TPSA) is 82.2 Å². The van der Waals surface area contributed by atoms with Crippen molar-refractivity contribution in [2.45, 2.75) is 19.8 Å². The Hall–Kier alpha value is -2.83. The van der Waals surface area contributed by atoms with Gasteiger partial charge < -0.3 is 14.5 Å². The summed E-state index contributed by atoms with van der Waals surface area (Å²) in [6.45, 7) is 2.35. The molecule has 1 N–H and O–H groups in total. The van der Waals surface area contributed by atoms with Crippen molar-refractivity contribution in [1.82, 2.24) is 14.8 Å². The number of hydrogen-bond donors (Lipinski definition) is 1. The van der Waals surface area contributed by atoms with Gasteiger partial charge in [0.25, 0.3) is 0 Å². The number of hydrogen-bond acceptors (Lipinski definition) is 5. The van der Waals surface area contributed by atoms with E-state index in [9.17, 15) is 4.79 Å². The zero-order valence-corrected chi connectivity index (χ0v) is 13.1. The van der Waals surface area contributed by atoms with Crippen molar-refractivity contribution >= 4 is 22.7 Å². The van der Waals surface area contributed by atoms with Crippen molar-refractivity contribution in [2.75, 3.05) is 11.9 Å². The predicted octanol–water partition coefficient (Wildman–Crippen LogP) is 2.53. The maximum Gasteiger partial charge on any atom is 0.394 e. The van der Waals surface area contributed by atoms with Crippen LogP contribution in [0.15, 0.2) is 35.0 Å². The third kappa shape index (κ3) is 3.68. The molecule has 7 heteroatoms. The largest absolute Gasteiger partial charge is 0.450 e. The molecule has 2 heterocycles. The maximum absolute atomic E-state index is 12.0. The first kappa shape index (κ1) is 15.1. The summed E-state index contributed by atoms with van der Waals surface area (Å²) in [6.07, 6.45) is 4.96. The molecule has 7 nitrogen and oxygen atoms in total. The average molecular weight is 314 g/mol. The highest BCUT2D eigenvalue weighted by molar-refractivity contribution is 5.92.